The van der Waals surface area contributed by atoms with Crippen molar-refractivity contribution in [2.24, 2.45) is 0 Å². The van der Waals surface area contributed by atoms with Crippen molar-refractivity contribution in [1.29, 1.82) is 0 Å². The van der Waals surface area contributed by atoms with E-state index in [1.807, 2.05) is 0 Å². The molecule has 0 aliphatic heterocycles. The van der Waals surface area contributed by atoms with E-state index in [9.17, 15) is 0 Å². The Morgan fingerprint density at radius 3 is 1.46 bits per heavy atom. The van der Waals surface area contributed by atoms with Crippen molar-refractivity contribution < 1.29 is 0 Å². The molecule has 0 spiro atoms. The Morgan fingerprint density at radius 2 is 0.962 bits per heavy atom. The van der Waals surface area contributed by atoms with Crippen molar-refractivity contribution in [3.8, 4) is 35.5 Å². The summed E-state index contributed by atoms with van der Waals surface area (Å²) in [7, 11) is 0. The number of rotatable bonds is 11. The van der Waals surface area contributed by atoms with Crippen molar-refractivity contribution in [2.45, 2.75) is 118 Å². The Balaban J connectivity index is 5.32. The zero-order valence-corrected chi connectivity index (χ0v) is 17.9. The predicted molar refractivity (Wildman–Crippen MR) is 118 cm³/mol. The lowest BCUT2D eigenvalue weighted by atomic mass is 10.0. The van der Waals surface area contributed by atoms with Crippen LogP contribution in [-0.2, 0) is 0 Å². The van der Waals surface area contributed by atoms with Gasteiger partial charge in [-0.1, -0.05) is 102 Å². The Labute approximate surface area is 164 Å². The second-order valence-electron chi connectivity index (χ2n) is 6.88. The fourth-order valence-electron chi connectivity index (χ4n) is 2.45. The lowest BCUT2D eigenvalue weighted by Gasteiger charge is -2.00. The molecule has 0 aromatic rings. The van der Waals surface area contributed by atoms with Crippen LogP contribution in [0.25, 0.3) is 0 Å². The predicted octanol–water partition coefficient (Wildman–Crippen LogP) is 7.83. The maximum Gasteiger partial charge on any atom is 0.0859 e. The summed E-state index contributed by atoms with van der Waals surface area (Å²) in [6.45, 7) is 8.91. The molecule has 0 aromatic carbocycles. The highest BCUT2D eigenvalue weighted by Gasteiger charge is 2.00. The van der Waals surface area contributed by atoms with Crippen LogP contribution in [0.1, 0.15) is 118 Å². The third-order valence-electron chi connectivity index (χ3n) is 4.21. The first-order valence-corrected chi connectivity index (χ1v) is 11.0. The zero-order valence-electron chi connectivity index (χ0n) is 17.9. The molecule has 0 aliphatic carbocycles. The minimum atomic E-state index is 0.961. The highest BCUT2D eigenvalue weighted by molar-refractivity contribution is 5.53. The Kier molecular flexibility index (Phi) is 18.5. The van der Waals surface area contributed by atoms with Crippen molar-refractivity contribution >= 4 is 0 Å². The number of hydrogen-bond acceptors (Lipinski definition) is 0. The first-order chi connectivity index (χ1) is 12.8. The van der Waals surface area contributed by atoms with E-state index in [1.54, 1.807) is 0 Å². The fourth-order valence-corrected chi connectivity index (χ4v) is 2.45. The van der Waals surface area contributed by atoms with Gasteiger partial charge in [0.25, 0.3) is 0 Å². The second-order valence-corrected chi connectivity index (χ2v) is 6.88. The van der Waals surface area contributed by atoms with Gasteiger partial charge in [-0.15, -0.1) is 0 Å². The summed E-state index contributed by atoms with van der Waals surface area (Å²) >= 11 is 0. The van der Waals surface area contributed by atoms with Gasteiger partial charge < -0.3 is 0 Å². The minimum Gasteiger partial charge on any atom is -0.0982 e. The highest BCUT2D eigenvalue weighted by atomic mass is 14.0. The molecule has 0 saturated heterocycles. The Bertz CT molecular complexity index is 542. The van der Waals surface area contributed by atoms with Crippen LogP contribution in [0.15, 0.2) is 11.1 Å². The van der Waals surface area contributed by atoms with Gasteiger partial charge in [-0.05, 0) is 32.1 Å². The summed E-state index contributed by atoms with van der Waals surface area (Å²) < 4.78 is 0. The molecule has 144 valence electrons. The van der Waals surface area contributed by atoms with Crippen molar-refractivity contribution in [3.05, 3.63) is 11.1 Å². The van der Waals surface area contributed by atoms with E-state index in [1.165, 1.54) is 56.9 Å². The summed E-state index contributed by atoms with van der Waals surface area (Å²) in [6.07, 6.45) is 16.0. The fraction of sp³-hybridized carbons (Fsp3) is 0.692. The molecular weight excluding hydrogens is 312 g/mol. The van der Waals surface area contributed by atoms with E-state index in [0.717, 1.165) is 44.1 Å². The van der Waals surface area contributed by atoms with Crippen molar-refractivity contribution in [1.82, 2.24) is 0 Å². The van der Waals surface area contributed by atoms with E-state index >= 15 is 0 Å². The van der Waals surface area contributed by atoms with Gasteiger partial charge in [0.1, 0.15) is 0 Å². The lowest BCUT2D eigenvalue weighted by Crippen LogP contribution is -1.88. The molecule has 0 fully saturated rings. The third kappa shape index (κ3) is 14.7. The van der Waals surface area contributed by atoms with E-state index in [2.05, 4.69) is 63.2 Å². The van der Waals surface area contributed by atoms with Gasteiger partial charge in [0, 0.05) is 24.8 Å². The summed E-state index contributed by atoms with van der Waals surface area (Å²) in [5, 5.41) is 0. The quantitative estimate of drug-likeness (QED) is 0.262. The van der Waals surface area contributed by atoms with Gasteiger partial charge in [-0.2, -0.15) is 0 Å². The molecular formula is C26H40. The van der Waals surface area contributed by atoms with Crippen LogP contribution in [0.2, 0.25) is 0 Å². The van der Waals surface area contributed by atoms with Crippen LogP contribution in [0.3, 0.4) is 0 Å². The largest absolute Gasteiger partial charge is 0.0982 e. The standard InChI is InChI=1S/C26H40/c1-5-9-13-16-19-23-25(21-12-8-4)26(22-18-15-11-7-3)24-20-17-14-10-6-2/h5-17,21H2,1-4H3/b26-25+. The first-order valence-electron chi connectivity index (χ1n) is 11.0. The monoisotopic (exact) mass is 352 g/mol. The van der Waals surface area contributed by atoms with Crippen LogP contribution in [0.5, 0.6) is 0 Å². The minimum absolute atomic E-state index is 0.961. The van der Waals surface area contributed by atoms with E-state index < -0.39 is 0 Å². The molecule has 0 radical (unpaired) electrons. The summed E-state index contributed by atoms with van der Waals surface area (Å²) in [5.74, 6) is 20.2. The maximum absolute atomic E-state index is 3.43. The number of unbranched alkanes of at least 4 members (excludes halogenated alkanes) is 9. The SMILES string of the molecule is CCCCC#C/C(C#CCCCCC)=C(\C#CCCCCC)CCCC. The Hall–Kier alpha value is -1.58. The maximum atomic E-state index is 3.43. The molecule has 0 nitrogen and oxygen atoms in total. The van der Waals surface area contributed by atoms with Crippen LogP contribution in [0, 0.1) is 35.5 Å². The average molecular weight is 353 g/mol. The van der Waals surface area contributed by atoms with E-state index in [4.69, 9.17) is 0 Å². The molecule has 0 saturated carbocycles. The normalized spacial score (nSPS) is 10.6. The molecule has 0 rings (SSSR count). The van der Waals surface area contributed by atoms with Crippen molar-refractivity contribution in [2.75, 3.05) is 0 Å². The highest BCUT2D eigenvalue weighted by Crippen LogP contribution is 2.12. The van der Waals surface area contributed by atoms with Gasteiger partial charge in [0.2, 0.25) is 0 Å². The molecule has 0 unspecified atom stereocenters. The number of allylic oxidation sites excluding steroid dienone is 2. The van der Waals surface area contributed by atoms with Crippen molar-refractivity contribution in [3.63, 3.8) is 0 Å². The molecule has 0 aliphatic rings. The van der Waals surface area contributed by atoms with Crippen LogP contribution in [0.4, 0.5) is 0 Å². The molecule has 0 bridgehead atoms. The summed E-state index contributed by atoms with van der Waals surface area (Å²) in [6, 6.07) is 0. The van der Waals surface area contributed by atoms with Gasteiger partial charge in [0.05, 0.1) is 5.57 Å². The zero-order chi connectivity index (χ0) is 19.3. The third-order valence-corrected chi connectivity index (χ3v) is 4.21. The van der Waals surface area contributed by atoms with Crippen LogP contribution < -0.4 is 0 Å². The smallest absolute Gasteiger partial charge is 0.0859 e. The second kappa shape index (κ2) is 19.7. The van der Waals surface area contributed by atoms with Crippen LogP contribution in [-0.4, -0.2) is 0 Å². The molecule has 0 heterocycles. The van der Waals surface area contributed by atoms with Gasteiger partial charge >= 0.3 is 0 Å². The molecule has 0 atom stereocenters. The van der Waals surface area contributed by atoms with Gasteiger partial charge in [0.15, 0.2) is 0 Å². The molecule has 0 amide bonds. The summed E-state index contributed by atoms with van der Waals surface area (Å²) in [4.78, 5) is 0. The molecule has 0 N–H and O–H groups in total. The molecule has 26 heavy (non-hydrogen) atoms. The molecule has 0 heteroatoms. The summed E-state index contributed by atoms with van der Waals surface area (Å²) in [5.41, 5.74) is 2.17. The van der Waals surface area contributed by atoms with E-state index in [-0.39, 0.29) is 0 Å². The molecule has 0 aromatic heterocycles. The number of hydrogen-bond donors (Lipinski definition) is 0. The van der Waals surface area contributed by atoms with Gasteiger partial charge in [-0.3, -0.25) is 0 Å². The Morgan fingerprint density at radius 1 is 0.500 bits per heavy atom. The van der Waals surface area contributed by atoms with Crippen LogP contribution >= 0.6 is 0 Å². The van der Waals surface area contributed by atoms with E-state index in [0.29, 0.717) is 0 Å². The lowest BCUT2D eigenvalue weighted by molar-refractivity contribution is 0.737. The first kappa shape index (κ1) is 24.4. The van der Waals surface area contributed by atoms with Gasteiger partial charge in [-0.25, -0.2) is 0 Å². The topological polar surface area (TPSA) is 0 Å². The average Bonchev–Trinajstić information content (AvgIpc) is 2.66.